The van der Waals surface area contributed by atoms with Crippen LogP contribution in [0.1, 0.15) is 42.8 Å². The Kier molecular flexibility index (Phi) is 6.52. The van der Waals surface area contributed by atoms with E-state index in [1.807, 2.05) is 31.4 Å². The lowest BCUT2D eigenvalue weighted by Gasteiger charge is -2.30. The molecule has 0 spiro atoms. The van der Waals surface area contributed by atoms with Crippen molar-refractivity contribution in [1.82, 2.24) is 10.2 Å². The van der Waals surface area contributed by atoms with Crippen LogP contribution in [-0.4, -0.2) is 23.4 Å². The monoisotopic (exact) mass is 363 g/mol. The molecule has 1 aromatic heterocycles. The zero-order valence-electron chi connectivity index (χ0n) is 14.2. The standard InChI is InChI=1S/C18H22FN3O2S/c1-3-22(12(2)13-6-8-14(19)9-7-13)17(23)11-15(21-18(20)24)16-5-4-10-25-16/h4-10,12,15H,3,11H2,1-2H3,(H3,20,21,24)/t12-,15+/m0/s1. The minimum atomic E-state index is -0.666. The predicted molar refractivity (Wildman–Crippen MR) is 96.6 cm³/mol. The second-order valence-electron chi connectivity index (χ2n) is 5.69. The number of hydrogen-bond acceptors (Lipinski definition) is 3. The van der Waals surface area contributed by atoms with E-state index in [1.54, 1.807) is 17.0 Å². The van der Waals surface area contributed by atoms with E-state index in [0.29, 0.717) is 6.54 Å². The number of thiophene rings is 1. The van der Waals surface area contributed by atoms with Gasteiger partial charge in [0.2, 0.25) is 5.91 Å². The van der Waals surface area contributed by atoms with E-state index in [-0.39, 0.29) is 24.2 Å². The Morgan fingerprint density at radius 1 is 1.28 bits per heavy atom. The normalized spacial score (nSPS) is 13.1. The number of carbonyl (C=O) groups is 2. The van der Waals surface area contributed by atoms with Crippen LogP contribution in [-0.2, 0) is 4.79 Å². The van der Waals surface area contributed by atoms with Crippen molar-refractivity contribution in [3.8, 4) is 0 Å². The van der Waals surface area contributed by atoms with E-state index in [1.165, 1.54) is 23.5 Å². The van der Waals surface area contributed by atoms with Crippen molar-refractivity contribution in [1.29, 1.82) is 0 Å². The zero-order valence-corrected chi connectivity index (χ0v) is 15.1. The van der Waals surface area contributed by atoms with Crippen LogP contribution in [0, 0.1) is 5.82 Å². The second-order valence-corrected chi connectivity index (χ2v) is 6.67. The third kappa shape index (κ3) is 5.03. The van der Waals surface area contributed by atoms with Gasteiger partial charge in [-0.25, -0.2) is 9.18 Å². The molecule has 2 atom stereocenters. The summed E-state index contributed by atoms with van der Waals surface area (Å²) in [7, 11) is 0. The number of halogens is 1. The fourth-order valence-electron chi connectivity index (χ4n) is 2.76. The molecule has 5 nitrogen and oxygen atoms in total. The summed E-state index contributed by atoms with van der Waals surface area (Å²) in [6.45, 7) is 4.29. The van der Waals surface area contributed by atoms with E-state index >= 15 is 0 Å². The molecule has 1 heterocycles. The van der Waals surface area contributed by atoms with E-state index in [2.05, 4.69) is 5.32 Å². The molecule has 0 unspecified atom stereocenters. The van der Waals surface area contributed by atoms with Gasteiger partial charge in [-0.05, 0) is 43.0 Å². The van der Waals surface area contributed by atoms with Gasteiger partial charge in [0, 0.05) is 11.4 Å². The summed E-state index contributed by atoms with van der Waals surface area (Å²) in [5, 5.41) is 4.51. The van der Waals surface area contributed by atoms with E-state index in [9.17, 15) is 14.0 Å². The lowest BCUT2D eigenvalue weighted by Crippen LogP contribution is -2.39. The lowest BCUT2D eigenvalue weighted by molar-refractivity contribution is -0.133. The number of urea groups is 1. The number of benzene rings is 1. The summed E-state index contributed by atoms with van der Waals surface area (Å²) in [6, 6.07) is 8.51. The molecule has 0 aliphatic rings. The smallest absolute Gasteiger partial charge is 0.312 e. The van der Waals surface area contributed by atoms with Crippen LogP contribution in [0.3, 0.4) is 0 Å². The highest BCUT2D eigenvalue weighted by Crippen LogP contribution is 2.26. The molecule has 0 aliphatic heterocycles. The number of rotatable bonds is 7. The third-order valence-corrected chi connectivity index (χ3v) is 5.05. The fraction of sp³-hybridized carbons (Fsp3) is 0.333. The number of nitrogens with two attached hydrogens (primary N) is 1. The summed E-state index contributed by atoms with van der Waals surface area (Å²) in [5.74, 6) is -0.416. The van der Waals surface area contributed by atoms with Gasteiger partial charge in [0.1, 0.15) is 5.82 Å². The largest absolute Gasteiger partial charge is 0.352 e. The van der Waals surface area contributed by atoms with Crippen LogP contribution in [0.25, 0.3) is 0 Å². The van der Waals surface area contributed by atoms with Crippen molar-refractivity contribution in [2.45, 2.75) is 32.4 Å². The Bertz CT molecular complexity index is 704. The van der Waals surface area contributed by atoms with E-state index in [4.69, 9.17) is 5.73 Å². The van der Waals surface area contributed by atoms with Crippen LogP contribution in [0.4, 0.5) is 9.18 Å². The number of nitrogens with one attached hydrogen (secondary N) is 1. The van der Waals surface area contributed by atoms with E-state index in [0.717, 1.165) is 10.4 Å². The molecule has 0 saturated carbocycles. The van der Waals surface area contributed by atoms with Crippen molar-refractivity contribution in [2.24, 2.45) is 5.73 Å². The highest BCUT2D eigenvalue weighted by Gasteiger charge is 2.25. The molecular formula is C18H22FN3O2S. The molecule has 0 saturated heterocycles. The SMILES string of the molecule is CCN(C(=O)C[C@@H](NC(N)=O)c1cccs1)[C@@H](C)c1ccc(F)cc1. The van der Waals surface area contributed by atoms with Gasteiger partial charge in [0.25, 0.3) is 0 Å². The fourth-order valence-corrected chi connectivity index (χ4v) is 3.54. The maximum absolute atomic E-state index is 13.1. The Labute approximate surface area is 150 Å². The summed E-state index contributed by atoms with van der Waals surface area (Å²) >= 11 is 1.46. The molecular weight excluding hydrogens is 341 g/mol. The Hall–Kier alpha value is -2.41. The molecule has 2 aromatic rings. The molecule has 0 aliphatic carbocycles. The first-order valence-electron chi connectivity index (χ1n) is 8.06. The molecule has 0 bridgehead atoms. The Balaban J connectivity index is 2.14. The first kappa shape index (κ1) is 18.9. The highest BCUT2D eigenvalue weighted by molar-refractivity contribution is 7.10. The first-order valence-corrected chi connectivity index (χ1v) is 8.94. The van der Waals surface area contributed by atoms with Crippen LogP contribution < -0.4 is 11.1 Å². The molecule has 0 fully saturated rings. The van der Waals surface area contributed by atoms with Crippen molar-refractivity contribution >= 4 is 23.3 Å². The molecule has 3 N–H and O–H groups in total. The summed E-state index contributed by atoms with van der Waals surface area (Å²) < 4.78 is 13.1. The predicted octanol–water partition coefficient (Wildman–Crippen LogP) is 3.60. The van der Waals surface area contributed by atoms with Crippen molar-refractivity contribution in [3.63, 3.8) is 0 Å². The number of nitrogens with zero attached hydrogens (tertiary/aromatic N) is 1. The maximum Gasteiger partial charge on any atom is 0.312 e. The van der Waals surface area contributed by atoms with Gasteiger partial charge in [0.15, 0.2) is 0 Å². The Morgan fingerprint density at radius 2 is 1.96 bits per heavy atom. The average molecular weight is 363 g/mol. The van der Waals surface area contributed by atoms with Crippen molar-refractivity contribution in [3.05, 3.63) is 58.0 Å². The van der Waals surface area contributed by atoms with Crippen LogP contribution in [0.5, 0.6) is 0 Å². The summed E-state index contributed by atoms with van der Waals surface area (Å²) in [6.07, 6.45) is 0.114. The number of primary amides is 1. The number of carbonyl (C=O) groups excluding carboxylic acids is 2. The van der Waals surface area contributed by atoms with Crippen LogP contribution in [0.15, 0.2) is 41.8 Å². The quantitative estimate of drug-likeness (QED) is 0.789. The average Bonchev–Trinajstić information content (AvgIpc) is 3.09. The van der Waals surface area contributed by atoms with Crippen molar-refractivity contribution in [2.75, 3.05) is 6.54 Å². The van der Waals surface area contributed by atoms with Crippen LogP contribution in [0.2, 0.25) is 0 Å². The Morgan fingerprint density at radius 3 is 2.48 bits per heavy atom. The minimum Gasteiger partial charge on any atom is -0.352 e. The molecule has 134 valence electrons. The second kappa shape index (κ2) is 8.62. The van der Waals surface area contributed by atoms with Gasteiger partial charge >= 0.3 is 6.03 Å². The molecule has 2 rings (SSSR count). The van der Waals surface area contributed by atoms with Crippen molar-refractivity contribution < 1.29 is 14.0 Å². The zero-order chi connectivity index (χ0) is 18.4. The van der Waals surface area contributed by atoms with Gasteiger partial charge in [-0.1, -0.05) is 18.2 Å². The third-order valence-electron chi connectivity index (χ3n) is 4.06. The van der Waals surface area contributed by atoms with E-state index < -0.39 is 12.1 Å². The molecule has 7 heteroatoms. The van der Waals surface area contributed by atoms with Crippen LogP contribution >= 0.6 is 11.3 Å². The summed E-state index contributed by atoms with van der Waals surface area (Å²) in [4.78, 5) is 26.7. The minimum absolute atomic E-state index is 0.105. The van der Waals surface area contributed by atoms with Gasteiger partial charge in [-0.15, -0.1) is 11.3 Å². The molecule has 25 heavy (non-hydrogen) atoms. The highest BCUT2D eigenvalue weighted by atomic mass is 32.1. The van der Waals surface area contributed by atoms with Gasteiger partial charge in [-0.3, -0.25) is 4.79 Å². The first-order chi connectivity index (χ1) is 11.9. The maximum atomic E-state index is 13.1. The van der Waals surface area contributed by atoms with Gasteiger partial charge in [-0.2, -0.15) is 0 Å². The summed E-state index contributed by atoms with van der Waals surface area (Å²) in [5.41, 5.74) is 6.10. The van der Waals surface area contributed by atoms with Gasteiger partial charge < -0.3 is 16.0 Å². The molecule has 1 aromatic carbocycles. The lowest BCUT2D eigenvalue weighted by atomic mass is 10.0. The number of amides is 3. The number of hydrogen-bond donors (Lipinski definition) is 2. The molecule has 0 radical (unpaired) electrons. The molecule has 3 amide bonds. The topological polar surface area (TPSA) is 75.4 Å². The van der Waals surface area contributed by atoms with Gasteiger partial charge in [0.05, 0.1) is 18.5 Å².